The lowest BCUT2D eigenvalue weighted by Crippen LogP contribution is -1.84. The van der Waals surface area contributed by atoms with Crippen LogP contribution in [0.15, 0.2) is 73.1 Å². The fourth-order valence-corrected chi connectivity index (χ4v) is 2.31. The second-order valence-electron chi connectivity index (χ2n) is 4.63. The molecule has 0 saturated carbocycles. The summed E-state index contributed by atoms with van der Waals surface area (Å²) in [5, 5.41) is 0. The van der Waals surface area contributed by atoms with Crippen molar-refractivity contribution in [1.82, 2.24) is 4.98 Å². The highest BCUT2D eigenvalue weighted by Crippen LogP contribution is 2.27. The summed E-state index contributed by atoms with van der Waals surface area (Å²) in [6, 6.07) is 21.2. The molecule has 1 nitrogen and oxygen atoms in total. The number of benzene rings is 2. The average Bonchev–Trinajstić information content (AvgIpc) is 2.49. The second kappa shape index (κ2) is 5.07. The van der Waals surface area contributed by atoms with Crippen LogP contribution in [-0.4, -0.2) is 4.98 Å². The Hall–Kier alpha value is -2.41. The quantitative estimate of drug-likeness (QED) is 0.636. The number of pyridine rings is 1. The van der Waals surface area contributed by atoms with Gasteiger partial charge in [-0.05, 0) is 52.9 Å². The van der Waals surface area contributed by atoms with Crippen molar-refractivity contribution in [1.29, 1.82) is 0 Å². The van der Waals surface area contributed by atoms with Gasteiger partial charge in [-0.2, -0.15) is 0 Å². The molecule has 19 heavy (non-hydrogen) atoms. The van der Waals surface area contributed by atoms with Gasteiger partial charge in [0.25, 0.3) is 0 Å². The Bertz CT molecular complexity index is 687. The van der Waals surface area contributed by atoms with Gasteiger partial charge in [-0.3, -0.25) is 4.98 Å². The van der Waals surface area contributed by atoms with Crippen molar-refractivity contribution in [3.05, 3.63) is 78.6 Å². The van der Waals surface area contributed by atoms with E-state index in [2.05, 4.69) is 60.4 Å². The lowest BCUT2D eigenvalue weighted by Gasteiger charge is -2.08. The Kier molecular flexibility index (Phi) is 3.11. The van der Waals surface area contributed by atoms with Gasteiger partial charge in [0, 0.05) is 12.4 Å². The molecule has 0 aliphatic rings. The Morgan fingerprint density at radius 1 is 0.684 bits per heavy atom. The van der Waals surface area contributed by atoms with Gasteiger partial charge >= 0.3 is 0 Å². The van der Waals surface area contributed by atoms with Crippen LogP contribution < -0.4 is 0 Å². The first kappa shape index (κ1) is 11.7. The molecule has 0 spiro atoms. The van der Waals surface area contributed by atoms with Crippen molar-refractivity contribution in [2.24, 2.45) is 0 Å². The van der Waals surface area contributed by atoms with E-state index >= 15 is 0 Å². The van der Waals surface area contributed by atoms with Gasteiger partial charge in [-0.15, -0.1) is 0 Å². The SMILES string of the molecule is Cc1ccccc1-c1cccc(-c2ccncc2)c1. The molecule has 0 N–H and O–H groups in total. The fraction of sp³-hybridized carbons (Fsp3) is 0.0556. The van der Waals surface area contributed by atoms with Crippen LogP contribution in [0.5, 0.6) is 0 Å². The molecule has 0 fully saturated rings. The Balaban J connectivity index is 2.09. The van der Waals surface area contributed by atoms with Crippen molar-refractivity contribution in [2.45, 2.75) is 6.92 Å². The van der Waals surface area contributed by atoms with E-state index in [4.69, 9.17) is 0 Å². The van der Waals surface area contributed by atoms with Crippen molar-refractivity contribution in [3.8, 4) is 22.3 Å². The molecule has 3 aromatic rings. The molecule has 0 radical (unpaired) electrons. The van der Waals surface area contributed by atoms with Crippen LogP contribution in [0.1, 0.15) is 5.56 Å². The van der Waals surface area contributed by atoms with E-state index in [9.17, 15) is 0 Å². The van der Waals surface area contributed by atoms with Gasteiger partial charge in [-0.1, -0.05) is 42.5 Å². The molecule has 0 atom stereocenters. The van der Waals surface area contributed by atoms with Gasteiger partial charge in [0.1, 0.15) is 0 Å². The molecule has 2 aromatic carbocycles. The molecule has 0 aliphatic carbocycles. The summed E-state index contributed by atoms with van der Waals surface area (Å²) >= 11 is 0. The molecule has 0 bridgehead atoms. The zero-order valence-electron chi connectivity index (χ0n) is 10.9. The van der Waals surface area contributed by atoms with Gasteiger partial charge in [0.15, 0.2) is 0 Å². The van der Waals surface area contributed by atoms with E-state index in [-0.39, 0.29) is 0 Å². The minimum atomic E-state index is 1.20. The van der Waals surface area contributed by atoms with Crippen molar-refractivity contribution in [3.63, 3.8) is 0 Å². The van der Waals surface area contributed by atoms with Crippen molar-refractivity contribution < 1.29 is 0 Å². The standard InChI is InChI=1S/C18H15N/c1-14-5-2-3-8-18(14)17-7-4-6-16(13-17)15-9-11-19-12-10-15/h2-13H,1H3. The fourth-order valence-electron chi connectivity index (χ4n) is 2.31. The summed E-state index contributed by atoms with van der Waals surface area (Å²) in [6.45, 7) is 2.15. The first-order chi connectivity index (χ1) is 9.34. The average molecular weight is 245 g/mol. The van der Waals surface area contributed by atoms with E-state index in [1.54, 1.807) is 0 Å². The third-order valence-electron chi connectivity index (χ3n) is 3.33. The monoisotopic (exact) mass is 245 g/mol. The van der Waals surface area contributed by atoms with Gasteiger partial charge < -0.3 is 0 Å². The zero-order valence-corrected chi connectivity index (χ0v) is 10.9. The molecule has 0 aliphatic heterocycles. The summed E-state index contributed by atoms with van der Waals surface area (Å²) in [5.74, 6) is 0. The van der Waals surface area contributed by atoms with E-state index in [1.807, 2.05) is 24.5 Å². The van der Waals surface area contributed by atoms with Crippen LogP contribution in [0.3, 0.4) is 0 Å². The van der Waals surface area contributed by atoms with E-state index in [0.29, 0.717) is 0 Å². The number of hydrogen-bond donors (Lipinski definition) is 0. The third-order valence-corrected chi connectivity index (χ3v) is 3.33. The summed E-state index contributed by atoms with van der Waals surface area (Å²) in [7, 11) is 0. The lowest BCUT2D eigenvalue weighted by atomic mass is 9.97. The van der Waals surface area contributed by atoms with Gasteiger partial charge in [0.2, 0.25) is 0 Å². The summed E-state index contributed by atoms with van der Waals surface area (Å²) in [6.07, 6.45) is 3.66. The van der Waals surface area contributed by atoms with Gasteiger partial charge in [0.05, 0.1) is 0 Å². The molecule has 3 rings (SSSR count). The van der Waals surface area contributed by atoms with Crippen molar-refractivity contribution >= 4 is 0 Å². The normalized spacial score (nSPS) is 10.4. The van der Waals surface area contributed by atoms with E-state index < -0.39 is 0 Å². The van der Waals surface area contributed by atoms with Crippen molar-refractivity contribution in [2.75, 3.05) is 0 Å². The van der Waals surface area contributed by atoms with Crippen LogP contribution in [0.25, 0.3) is 22.3 Å². The molecule has 92 valence electrons. The Labute approximate surface area is 113 Å². The van der Waals surface area contributed by atoms with Crippen LogP contribution in [0.2, 0.25) is 0 Å². The topological polar surface area (TPSA) is 12.9 Å². The first-order valence-electron chi connectivity index (χ1n) is 6.41. The Morgan fingerprint density at radius 2 is 1.42 bits per heavy atom. The smallest absolute Gasteiger partial charge is 0.0273 e. The molecule has 1 heterocycles. The van der Waals surface area contributed by atoms with Crippen LogP contribution >= 0.6 is 0 Å². The highest BCUT2D eigenvalue weighted by atomic mass is 14.6. The zero-order chi connectivity index (χ0) is 13.1. The molecular weight excluding hydrogens is 230 g/mol. The maximum atomic E-state index is 4.07. The minimum Gasteiger partial charge on any atom is -0.265 e. The number of aryl methyl sites for hydroxylation is 1. The molecule has 1 heteroatoms. The summed E-state index contributed by atoms with van der Waals surface area (Å²) in [5.41, 5.74) is 6.27. The van der Waals surface area contributed by atoms with Crippen LogP contribution in [0.4, 0.5) is 0 Å². The van der Waals surface area contributed by atoms with Crippen LogP contribution in [-0.2, 0) is 0 Å². The minimum absolute atomic E-state index is 1.20. The maximum Gasteiger partial charge on any atom is 0.0273 e. The highest BCUT2D eigenvalue weighted by Gasteiger charge is 2.03. The Morgan fingerprint density at radius 3 is 2.21 bits per heavy atom. The first-order valence-corrected chi connectivity index (χ1v) is 6.41. The summed E-state index contributed by atoms with van der Waals surface area (Å²) in [4.78, 5) is 4.07. The lowest BCUT2D eigenvalue weighted by molar-refractivity contribution is 1.33. The van der Waals surface area contributed by atoms with E-state index in [0.717, 1.165) is 0 Å². The molecule has 1 aromatic heterocycles. The molecule has 0 amide bonds. The molecular formula is C18H15N. The summed E-state index contributed by atoms with van der Waals surface area (Å²) < 4.78 is 0. The predicted octanol–water partition coefficient (Wildman–Crippen LogP) is 4.72. The highest BCUT2D eigenvalue weighted by molar-refractivity contribution is 5.74. The predicted molar refractivity (Wildman–Crippen MR) is 79.8 cm³/mol. The number of aromatic nitrogens is 1. The number of nitrogens with zero attached hydrogens (tertiary/aromatic N) is 1. The largest absolute Gasteiger partial charge is 0.265 e. The molecule has 0 saturated heterocycles. The number of rotatable bonds is 2. The van der Waals surface area contributed by atoms with E-state index in [1.165, 1.54) is 27.8 Å². The second-order valence-corrected chi connectivity index (χ2v) is 4.63. The maximum absolute atomic E-state index is 4.07. The number of hydrogen-bond acceptors (Lipinski definition) is 1. The van der Waals surface area contributed by atoms with Gasteiger partial charge in [-0.25, -0.2) is 0 Å². The van der Waals surface area contributed by atoms with Crippen LogP contribution in [0, 0.1) is 6.92 Å². The molecule has 0 unspecified atom stereocenters. The third kappa shape index (κ3) is 2.41.